The van der Waals surface area contributed by atoms with Gasteiger partial charge in [-0.2, -0.15) is 0 Å². The van der Waals surface area contributed by atoms with Crippen LogP contribution in [0.4, 0.5) is 0 Å². The topological polar surface area (TPSA) is 41.1 Å². The average molecular weight is 226 g/mol. The standard InChI is InChI=1S/C13H26N2O/c1-5-10(3)15-12(16)11(4)14-9-13(6-2)7-8-13/h10-11,14H,5-9H2,1-4H3,(H,15,16). The first-order valence-electron chi connectivity index (χ1n) is 6.57. The SMILES string of the molecule is CCC(C)NC(=O)C(C)NCC1(CC)CC1. The smallest absolute Gasteiger partial charge is 0.237 e. The van der Waals surface area contributed by atoms with Crippen molar-refractivity contribution in [2.75, 3.05) is 6.54 Å². The van der Waals surface area contributed by atoms with Crippen LogP contribution >= 0.6 is 0 Å². The minimum atomic E-state index is -0.0713. The predicted octanol–water partition coefficient (Wildman–Crippen LogP) is 2.07. The average Bonchev–Trinajstić information content (AvgIpc) is 3.06. The maximum atomic E-state index is 11.8. The Morgan fingerprint density at radius 2 is 1.94 bits per heavy atom. The third kappa shape index (κ3) is 3.78. The molecule has 0 aromatic rings. The Labute approximate surface area is 99.4 Å². The third-order valence-electron chi connectivity index (χ3n) is 3.88. The molecular weight excluding hydrogens is 200 g/mol. The van der Waals surface area contributed by atoms with Crippen molar-refractivity contribution < 1.29 is 4.79 Å². The van der Waals surface area contributed by atoms with E-state index in [2.05, 4.69) is 24.5 Å². The highest BCUT2D eigenvalue weighted by Crippen LogP contribution is 2.47. The summed E-state index contributed by atoms with van der Waals surface area (Å²) in [6.45, 7) is 9.29. The van der Waals surface area contributed by atoms with Gasteiger partial charge in [-0.1, -0.05) is 13.8 Å². The van der Waals surface area contributed by atoms with E-state index in [-0.39, 0.29) is 18.0 Å². The quantitative estimate of drug-likeness (QED) is 0.698. The molecule has 1 aliphatic carbocycles. The van der Waals surface area contributed by atoms with Crippen molar-refractivity contribution >= 4 is 5.91 Å². The number of amides is 1. The van der Waals surface area contributed by atoms with Crippen molar-refractivity contribution in [3.05, 3.63) is 0 Å². The highest BCUT2D eigenvalue weighted by molar-refractivity contribution is 5.81. The summed E-state index contributed by atoms with van der Waals surface area (Å²) in [5, 5.41) is 6.36. The summed E-state index contributed by atoms with van der Waals surface area (Å²) in [6, 6.07) is 0.204. The molecule has 1 saturated carbocycles. The molecule has 0 aromatic carbocycles. The molecule has 1 rings (SSSR count). The van der Waals surface area contributed by atoms with Crippen molar-refractivity contribution in [2.24, 2.45) is 5.41 Å². The molecule has 3 nitrogen and oxygen atoms in total. The van der Waals surface area contributed by atoms with Crippen molar-refractivity contribution in [2.45, 2.75) is 65.5 Å². The van der Waals surface area contributed by atoms with Crippen LogP contribution in [-0.4, -0.2) is 24.5 Å². The number of hydrogen-bond donors (Lipinski definition) is 2. The number of carbonyl (C=O) groups excluding carboxylic acids is 1. The van der Waals surface area contributed by atoms with Crippen LogP contribution in [0, 0.1) is 5.41 Å². The zero-order valence-electron chi connectivity index (χ0n) is 11.1. The van der Waals surface area contributed by atoms with Crippen molar-refractivity contribution in [1.29, 1.82) is 0 Å². The lowest BCUT2D eigenvalue weighted by atomic mass is 10.0. The van der Waals surface area contributed by atoms with Crippen LogP contribution in [0.25, 0.3) is 0 Å². The lowest BCUT2D eigenvalue weighted by molar-refractivity contribution is -0.123. The molecule has 1 aliphatic rings. The van der Waals surface area contributed by atoms with E-state index in [0.29, 0.717) is 5.41 Å². The number of rotatable bonds is 7. The van der Waals surface area contributed by atoms with Gasteiger partial charge in [0.25, 0.3) is 0 Å². The van der Waals surface area contributed by atoms with E-state index in [1.807, 2.05) is 13.8 Å². The van der Waals surface area contributed by atoms with E-state index < -0.39 is 0 Å². The Hall–Kier alpha value is -0.570. The molecule has 0 saturated heterocycles. The normalized spacial score (nSPS) is 21.2. The Morgan fingerprint density at radius 1 is 1.31 bits per heavy atom. The summed E-state index contributed by atoms with van der Waals surface area (Å²) in [6.07, 6.45) is 4.84. The lowest BCUT2D eigenvalue weighted by Crippen LogP contribution is -2.46. The van der Waals surface area contributed by atoms with Crippen LogP contribution < -0.4 is 10.6 Å². The molecule has 0 aliphatic heterocycles. The van der Waals surface area contributed by atoms with Gasteiger partial charge < -0.3 is 10.6 Å². The fraction of sp³-hybridized carbons (Fsp3) is 0.923. The first-order valence-corrected chi connectivity index (χ1v) is 6.57. The second-order valence-electron chi connectivity index (χ2n) is 5.27. The summed E-state index contributed by atoms with van der Waals surface area (Å²) in [7, 11) is 0. The van der Waals surface area contributed by atoms with Crippen molar-refractivity contribution in [3.8, 4) is 0 Å². The molecule has 0 aromatic heterocycles. The molecule has 0 radical (unpaired) electrons. The maximum absolute atomic E-state index is 11.8. The minimum absolute atomic E-state index is 0.0713. The van der Waals surface area contributed by atoms with Crippen molar-refractivity contribution in [3.63, 3.8) is 0 Å². The monoisotopic (exact) mass is 226 g/mol. The Balaban J connectivity index is 2.23. The van der Waals surface area contributed by atoms with Gasteiger partial charge in [0.05, 0.1) is 6.04 Å². The zero-order chi connectivity index (χ0) is 12.2. The molecule has 2 N–H and O–H groups in total. The van der Waals surface area contributed by atoms with Gasteiger partial charge in [-0.3, -0.25) is 4.79 Å². The van der Waals surface area contributed by atoms with Gasteiger partial charge in [-0.25, -0.2) is 0 Å². The van der Waals surface area contributed by atoms with E-state index in [0.717, 1.165) is 13.0 Å². The molecule has 16 heavy (non-hydrogen) atoms. The molecule has 94 valence electrons. The van der Waals surface area contributed by atoms with Gasteiger partial charge in [0.2, 0.25) is 5.91 Å². The van der Waals surface area contributed by atoms with Crippen LogP contribution in [-0.2, 0) is 4.79 Å². The lowest BCUT2D eigenvalue weighted by Gasteiger charge is -2.20. The summed E-state index contributed by atoms with van der Waals surface area (Å²) >= 11 is 0. The van der Waals surface area contributed by atoms with Crippen LogP contribution in [0.3, 0.4) is 0 Å². The molecule has 0 bridgehead atoms. The molecule has 0 heterocycles. The second-order valence-corrected chi connectivity index (χ2v) is 5.27. The molecule has 1 amide bonds. The fourth-order valence-corrected chi connectivity index (χ4v) is 1.76. The fourth-order valence-electron chi connectivity index (χ4n) is 1.76. The number of carbonyl (C=O) groups is 1. The third-order valence-corrected chi connectivity index (χ3v) is 3.88. The van der Waals surface area contributed by atoms with E-state index in [1.54, 1.807) is 0 Å². The highest BCUT2D eigenvalue weighted by atomic mass is 16.2. The van der Waals surface area contributed by atoms with E-state index in [1.165, 1.54) is 19.3 Å². The number of nitrogens with one attached hydrogen (secondary N) is 2. The summed E-state index contributed by atoms with van der Waals surface area (Å²) in [5.74, 6) is 0.126. The van der Waals surface area contributed by atoms with Crippen LogP contribution in [0.15, 0.2) is 0 Å². The number of hydrogen-bond acceptors (Lipinski definition) is 2. The largest absolute Gasteiger partial charge is 0.352 e. The van der Waals surface area contributed by atoms with Crippen LogP contribution in [0.2, 0.25) is 0 Å². The molecule has 2 atom stereocenters. The minimum Gasteiger partial charge on any atom is -0.352 e. The first kappa shape index (κ1) is 13.5. The molecular formula is C13H26N2O. The van der Waals surface area contributed by atoms with E-state index >= 15 is 0 Å². The summed E-state index contributed by atoms with van der Waals surface area (Å²) in [4.78, 5) is 11.8. The summed E-state index contributed by atoms with van der Waals surface area (Å²) < 4.78 is 0. The van der Waals surface area contributed by atoms with Gasteiger partial charge in [0, 0.05) is 12.6 Å². The van der Waals surface area contributed by atoms with Gasteiger partial charge in [0.1, 0.15) is 0 Å². The van der Waals surface area contributed by atoms with Crippen molar-refractivity contribution in [1.82, 2.24) is 10.6 Å². The maximum Gasteiger partial charge on any atom is 0.237 e. The summed E-state index contributed by atoms with van der Waals surface area (Å²) in [5.41, 5.74) is 0.505. The van der Waals surface area contributed by atoms with Gasteiger partial charge >= 0.3 is 0 Å². The molecule has 3 heteroatoms. The highest BCUT2D eigenvalue weighted by Gasteiger charge is 2.40. The Morgan fingerprint density at radius 3 is 2.38 bits per heavy atom. The van der Waals surface area contributed by atoms with Crippen LogP contribution in [0.1, 0.15) is 53.4 Å². The first-order chi connectivity index (χ1) is 7.53. The second kappa shape index (κ2) is 5.67. The van der Waals surface area contributed by atoms with E-state index in [4.69, 9.17) is 0 Å². The van der Waals surface area contributed by atoms with E-state index in [9.17, 15) is 4.79 Å². The van der Waals surface area contributed by atoms with Crippen LogP contribution in [0.5, 0.6) is 0 Å². The molecule has 0 spiro atoms. The molecule has 2 unspecified atom stereocenters. The zero-order valence-corrected chi connectivity index (χ0v) is 11.1. The Kier molecular flexibility index (Phi) is 4.78. The van der Waals surface area contributed by atoms with Gasteiger partial charge in [0.15, 0.2) is 0 Å². The molecule has 1 fully saturated rings. The van der Waals surface area contributed by atoms with Gasteiger partial charge in [-0.15, -0.1) is 0 Å². The Bertz CT molecular complexity index is 236. The predicted molar refractivity (Wildman–Crippen MR) is 67.3 cm³/mol. The van der Waals surface area contributed by atoms with Gasteiger partial charge in [-0.05, 0) is 44.9 Å².